The summed E-state index contributed by atoms with van der Waals surface area (Å²) in [5, 5.41) is 6.62. The average molecular weight is 569 g/mol. The smallest absolute Gasteiger partial charge is 0.240 e. The van der Waals surface area contributed by atoms with E-state index >= 15 is 0 Å². The van der Waals surface area contributed by atoms with Gasteiger partial charge in [-0.15, -0.1) is 24.0 Å². The number of methoxy groups -OCH3 is 2. The maximum absolute atomic E-state index is 12.3. The molecular weight excluding hydrogens is 543 g/mol. The molecular formula is C19H26ClIN4O4S. The third-order valence-electron chi connectivity index (χ3n) is 3.77. The van der Waals surface area contributed by atoms with Gasteiger partial charge in [0, 0.05) is 29.9 Å². The summed E-state index contributed by atoms with van der Waals surface area (Å²) in [6, 6.07) is 11.5. The van der Waals surface area contributed by atoms with Crippen LogP contribution in [0.15, 0.2) is 52.4 Å². The molecule has 2 aromatic carbocycles. The van der Waals surface area contributed by atoms with Crippen molar-refractivity contribution in [2.75, 3.05) is 39.2 Å². The number of benzene rings is 2. The Labute approximate surface area is 199 Å². The minimum atomic E-state index is -3.64. The Morgan fingerprint density at radius 2 is 1.83 bits per heavy atom. The van der Waals surface area contributed by atoms with Gasteiger partial charge in [0.1, 0.15) is 0 Å². The predicted molar refractivity (Wildman–Crippen MR) is 131 cm³/mol. The Balaban J connectivity index is 0.00000450. The molecule has 11 heteroatoms. The second kappa shape index (κ2) is 12.8. The van der Waals surface area contributed by atoms with Gasteiger partial charge in [-0.05, 0) is 37.3 Å². The molecule has 2 aromatic rings. The van der Waals surface area contributed by atoms with Gasteiger partial charge in [-0.3, -0.25) is 4.99 Å². The predicted octanol–water partition coefficient (Wildman–Crippen LogP) is 3.33. The van der Waals surface area contributed by atoms with Crippen LogP contribution in [0.5, 0.6) is 11.5 Å². The first-order valence-corrected chi connectivity index (χ1v) is 10.8. The maximum Gasteiger partial charge on any atom is 0.240 e. The molecule has 0 saturated heterocycles. The van der Waals surface area contributed by atoms with Gasteiger partial charge in [-0.1, -0.05) is 17.7 Å². The Morgan fingerprint density at radius 3 is 2.47 bits per heavy atom. The maximum atomic E-state index is 12.3. The van der Waals surface area contributed by atoms with Crippen LogP contribution in [0.3, 0.4) is 0 Å². The molecule has 0 fully saturated rings. The summed E-state index contributed by atoms with van der Waals surface area (Å²) in [7, 11) is -0.511. The molecule has 0 aliphatic heterocycles. The molecule has 8 nitrogen and oxygen atoms in total. The van der Waals surface area contributed by atoms with E-state index in [1.54, 1.807) is 38.5 Å². The van der Waals surface area contributed by atoms with Gasteiger partial charge in [-0.2, -0.15) is 0 Å². The van der Waals surface area contributed by atoms with Crippen molar-refractivity contribution in [2.24, 2.45) is 4.99 Å². The van der Waals surface area contributed by atoms with Gasteiger partial charge in [-0.25, -0.2) is 13.1 Å². The molecule has 3 N–H and O–H groups in total. The number of hydrogen-bond acceptors (Lipinski definition) is 5. The van der Waals surface area contributed by atoms with Crippen molar-refractivity contribution in [3.63, 3.8) is 0 Å². The van der Waals surface area contributed by atoms with Crippen molar-refractivity contribution in [1.29, 1.82) is 0 Å². The van der Waals surface area contributed by atoms with Crippen LogP contribution in [0, 0.1) is 0 Å². The third-order valence-corrected chi connectivity index (χ3v) is 5.46. The molecule has 0 aromatic heterocycles. The normalized spacial score (nSPS) is 11.4. The molecule has 0 saturated carbocycles. The SMILES string of the molecule is CCNC(=NCCNS(=O)(=O)c1cccc(Cl)c1)Nc1ccc(OC)c(OC)c1.I. The van der Waals surface area contributed by atoms with E-state index in [9.17, 15) is 8.42 Å². The fourth-order valence-electron chi connectivity index (χ4n) is 2.42. The van der Waals surface area contributed by atoms with Gasteiger partial charge < -0.3 is 20.1 Å². The summed E-state index contributed by atoms with van der Waals surface area (Å²) in [5.41, 5.74) is 0.752. The molecule has 0 spiro atoms. The Kier molecular flexibility index (Phi) is 11.2. The summed E-state index contributed by atoms with van der Waals surface area (Å²) in [6.07, 6.45) is 0. The van der Waals surface area contributed by atoms with Crippen molar-refractivity contribution in [3.8, 4) is 11.5 Å². The Bertz CT molecular complexity index is 957. The number of anilines is 1. The van der Waals surface area contributed by atoms with E-state index in [4.69, 9.17) is 21.1 Å². The van der Waals surface area contributed by atoms with E-state index in [0.717, 1.165) is 5.69 Å². The number of guanidine groups is 1. The highest BCUT2D eigenvalue weighted by molar-refractivity contribution is 14.0. The summed E-state index contributed by atoms with van der Waals surface area (Å²) in [6.45, 7) is 2.96. The molecule has 0 bridgehead atoms. The summed E-state index contributed by atoms with van der Waals surface area (Å²) >= 11 is 5.86. The number of ether oxygens (including phenoxy) is 2. The van der Waals surface area contributed by atoms with Crippen LogP contribution in [-0.4, -0.2) is 48.2 Å². The summed E-state index contributed by atoms with van der Waals surface area (Å²) < 4.78 is 37.6. The zero-order chi connectivity index (χ0) is 21.3. The van der Waals surface area contributed by atoms with E-state index < -0.39 is 10.0 Å². The van der Waals surface area contributed by atoms with Gasteiger partial charge in [0.05, 0.1) is 25.7 Å². The van der Waals surface area contributed by atoms with Gasteiger partial charge in [0.2, 0.25) is 10.0 Å². The highest BCUT2D eigenvalue weighted by Gasteiger charge is 2.13. The number of hydrogen-bond donors (Lipinski definition) is 3. The van der Waals surface area contributed by atoms with Crippen LogP contribution in [0.25, 0.3) is 0 Å². The molecule has 0 amide bonds. The lowest BCUT2D eigenvalue weighted by Gasteiger charge is -2.14. The zero-order valence-electron chi connectivity index (χ0n) is 16.9. The highest BCUT2D eigenvalue weighted by Crippen LogP contribution is 2.29. The number of aliphatic imine (C=N–C) groups is 1. The fraction of sp³-hybridized carbons (Fsp3) is 0.316. The minimum absolute atomic E-state index is 0. The van der Waals surface area contributed by atoms with Gasteiger partial charge >= 0.3 is 0 Å². The summed E-state index contributed by atoms with van der Waals surface area (Å²) in [4.78, 5) is 4.51. The quantitative estimate of drug-likeness (QED) is 0.186. The van der Waals surface area contributed by atoms with Gasteiger partial charge in [0.25, 0.3) is 0 Å². The van der Waals surface area contributed by atoms with Crippen LogP contribution < -0.4 is 24.8 Å². The first kappa shape index (κ1) is 26.3. The van der Waals surface area contributed by atoms with Crippen molar-refractivity contribution in [2.45, 2.75) is 11.8 Å². The molecule has 0 aliphatic carbocycles. The number of rotatable bonds is 9. The molecule has 166 valence electrons. The van der Waals surface area contributed by atoms with Crippen LogP contribution in [-0.2, 0) is 10.0 Å². The second-order valence-corrected chi connectivity index (χ2v) is 8.01. The topological polar surface area (TPSA) is 101 Å². The molecule has 0 unspecified atom stereocenters. The van der Waals surface area contributed by atoms with Crippen LogP contribution in [0.4, 0.5) is 5.69 Å². The average Bonchev–Trinajstić information content (AvgIpc) is 2.71. The Hall–Kier alpha value is -1.76. The van der Waals surface area contributed by atoms with E-state index in [1.165, 1.54) is 12.1 Å². The second-order valence-electron chi connectivity index (χ2n) is 5.81. The first-order chi connectivity index (χ1) is 13.9. The van der Waals surface area contributed by atoms with E-state index in [1.807, 2.05) is 13.0 Å². The molecule has 0 atom stereocenters. The molecule has 0 heterocycles. The van der Waals surface area contributed by atoms with Crippen LogP contribution >= 0.6 is 35.6 Å². The van der Waals surface area contributed by atoms with Crippen molar-refractivity contribution in [1.82, 2.24) is 10.0 Å². The zero-order valence-corrected chi connectivity index (χ0v) is 20.8. The van der Waals surface area contributed by atoms with Crippen molar-refractivity contribution < 1.29 is 17.9 Å². The summed E-state index contributed by atoms with van der Waals surface area (Å²) in [5.74, 6) is 1.72. The van der Waals surface area contributed by atoms with E-state index in [-0.39, 0.29) is 42.0 Å². The lowest BCUT2D eigenvalue weighted by Crippen LogP contribution is -2.32. The molecule has 30 heavy (non-hydrogen) atoms. The van der Waals surface area contributed by atoms with E-state index in [0.29, 0.717) is 29.0 Å². The minimum Gasteiger partial charge on any atom is -0.493 e. The number of nitrogens with zero attached hydrogens (tertiary/aromatic N) is 1. The van der Waals surface area contributed by atoms with E-state index in [2.05, 4.69) is 20.3 Å². The Morgan fingerprint density at radius 1 is 1.10 bits per heavy atom. The van der Waals surface area contributed by atoms with Gasteiger partial charge in [0.15, 0.2) is 17.5 Å². The lowest BCUT2D eigenvalue weighted by molar-refractivity contribution is 0.355. The molecule has 0 aliphatic rings. The van der Waals surface area contributed by atoms with Crippen LogP contribution in [0.2, 0.25) is 5.02 Å². The number of halogens is 2. The highest BCUT2D eigenvalue weighted by atomic mass is 127. The molecule has 2 rings (SSSR count). The number of sulfonamides is 1. The third kappa shape index (κ3) is 7.82. The van der Waals surface area contributed by atoms with Crippen molar-refractivity contribution >= 4 is 57.2 Å². The monoisotopic (exact) mass is 568 g/mol. The van der Waals surface area contributed by atoms with Crippen molar-refractivity contribution in [3.05, 3.63) is 47.5 Å². The largest absolute Gasteiger partial charge is 0.493 e. The first-order valence-electron chi connectivity index (χ1n) is 8.92. The van der Waals surface area contributed by atoms with Crippen LogP contribution in [0.1, 0.15) is 6.92 Å². The standard InChI is InChI=1S/C19H25ClN4O4S.HI/c1-4-21-19(24-15-8-9-17(27-2)18(13-15)28-3)22-10-11-23-29(25,26)16-7-5-6-14(20)12-16;/h5-9,12-13,23H,4,10-11H2,1-3H3,(H2,21,22,24);1H. The lowest BCUT2D eigenvalue weighted by atomic mass is 10.3. The fourth-order valence-corrected chi connectivity index (χ4v) is 3.74. The molecule has 0 radical (unpaired) electrons. The number of nitrogens with one attached hydrogen (secondary N) is 3.